The number of urea groups is 1. The van der Waals surface area contributed by atoms with Crippen molar-refractivity contribution in [2.24, 2.45) is 0 Å². The van der Waals surface area contributed by atoms with Gasteiger partial charge in [-0.15, -0.1) is 0 Å². The monoisotopic (exact) mass is 512 g/mol. The van der Waals surface area contributed by atoms with Crippen LogP contribution in [0.1, 0.15) is 42.4 Å². The molecular formula is C25H25BrN2O5. The van der Waals surface area contributed by atoms with Gasteiger partial charge in [0.1, 0.15) is 12.2 Å². The number of hydrogen-bond acceptors (Lipinski definition) is 5. The van der Waals surface area contributed by atoms with E-state index >= 15 is 0 Å². The molecule has 4 rings (SSSR count). The van der Waals surface area contributed by atoms with Crippen LogP contribution < -0.4 is 14.8 Å². The van der Waals surface area contributed by atoms with E-state index in [-0.39, 0.29) is 11.6 Å². The van der Waals surface area contributed by atoms with E-state index in [1.54, 1.807) is 12.1 Å². The fraction of sp³-hybridized carbons (Fsp3) is 0.320. The summed E-state index contributed by atoms with van der Waals surface area (Å²) < 4.78 is 12.1. The van der Waals surface area contributed by atoms with Gasteiger partial charge in [-0.2, -0.15) is 0 Å². The van der Waals surface area contributed by atoms with E-state index in [0.717, 1.165) is 31.2 Å². The zero-order chi connectivity index (χ0) is 23.5. The third-order valence-electron chi connectivity index (χ3n) is 5.89. The molecule has 0 bridgehead atoms. The summed E-state index contributed by atoms with van der Waals surface area (Å²) in [4.78, 5) is 39.0. The molecule has 1 heterocycles. The Kier molecular flexibility index (Phi) is 6.83. The number of barbiturate groups is 1. The number of halogens is 1. The molecule has 172 valence electrons. The number of amides is 4. The van der Waals surface area contributed by atoms with E-state index in [2.05, 4.69) is 21.2 Å². The second kappa shape index (κ2) is 9.79. The maximum absolute atomic E-state index is 13.0. The molecule has 0 atom stereocenters. The maximum Gasteiger partial charge on any atom is 0.331 e. The van der Waals surface area contributed by atoms with Crippen LogP contribution in [0.3, 0.4) is 0 Å². The predicted molar refractivity (Wildman–Crippen MR) is 127 cm³/mol. The number of carbonyl (C=O) groups is 3. The first-order chi connectivity index (χ1) is 15.9. The van der Waals surface area contributed by atoms with Crippen LogP contribution in [0.4, 0.5) is 4.79 Å². The van der Waals surface area contributed by atoms with Gasteiger partial charge in [0.25, 0.3) is 11.8 Å². The van der Waals surface area contributed by atoms with E-state index in [1.807, 2.05) is 31.2 Å². The number of benzene rings is 2. The summed E-state index contributed by atoms with van der Waals surface area (Å²) in [5.41, 5.74) is 2.68. The van der Waals surface area contributed by atoms with Crippen LogP contribution in [-0.4, -0.2) is 35.9 Å². The number of rotatable bonds is 6. The van der Waals surface area contributed by atoms with Gasteiger partial charge in [0.05, 0.1) is 11.6 Å². The summed E-state index contributed by atoms with van der Waals surface area (Å²) in [6.45, 7) is 2.38. The largest absolute Gasteiger partial charge is 0.493 e. The zero-order valence-electron chi connectivity index (χ0n) is 18.5. The van der Waals surface area contributed by atoms with Gasteiger partial charge in [0, 0.05) is 6.04 Å². The Balaban J connectivity index is 1.59. The number of imide groups is 2. The number of nitrogens with one attached hydrogen (secondary N) is 1. The molecule has 0 aromatic heterocycles. The van der Waals surface area contributed by atoms with Crippen molar-refractivity contribution in [1.29, 1.82) is 0 Å². The molecule has 7 nitrogen and oxygen atoms in total. The van der Waals surface area contributed by atoms with Crippen LogP contribution in [0, 0.1) is 6.92 Å². The topological polar surface area (TPSA) is 84.9 Å². The average Bonchev–Trinajstić information content (AvgIpc) is 3.31. The normalized spacial score (nSPS) is 18.1. The average molecular weight is 513 g/mol. The number of ether oxygens (including phenoxy) is 2. The minimum Gasteiger partial charge on any atom is -0.493 e. The summed E-state index contributed by atoms with van der Waals surface area (Å²) in [6.07, 6.45) is 4.91. The molecule has 1 saturated heterocycles. The maximum atomic E-state index is 13.0. The molecule has 0 spiro atoms. The minimum absolute atomic E-state index is 0.0798. The van der Waals surface area contributed by atoms with Crippen molar-refractivity contribution in [3.63, 3.8) is 0 Å². The van der Waals surface area contributed by atoms with Crippen molar-refractivity contribution in [2.75, 3.05) is 7.11 Å². The lowest BCUT2D eigenvalue weighted by Crippen LogP contribution is -2.57. The Bertz CT molecular complexity index is 1120. The summed E-state index contributed by atoms with van der Waals surface area (Å²) in [5.74, 6) is -0.294. The highest BCUT2D eigenvalue weighted by Crippen LogP contribution is 2.38. The van der Waals surface area contributed by atoms with Crippen molar-refractivity contribution in [3.8, 4) is 11.5 Å². The highest BCUT2D eigenvalue weighted by Gasteiger charge is 2.40. The molecule has 2 fully saturated rings. The van der Waals surface area contributed by atoms with Gasteiger partial charge < -0.3 is 9.47 Å². The van der Waals surface area contributed by atoms with Crippen LogP contribution in [0.5, 0.6) is 11.5 Å². The van der Waals surface area contributed by atoms with E-state index in [0.29, 0.717) is 28.1 Å². The van der Waals surface area contributed by atoms with Crippen LogP contribution in [-0.2, 0) is 16.2 Å². The van der Waals surface area contributed by atoms with E-state index in [9.17, 15) is 14.4 Å². The lowest BCUT2D eigenvalue weighted by molar-refractivity contribution is -0.131. The quantitative estimate of drug-likeness (QED) is 0.445. The van der Waals surface area contributed by atoms with Gasteiger partial charge >= 0.3 is 6.03 Å². The fourth-order valence-corrected chi connectivity index (χ4v) is 4.71. The number of aryl methyl sites for hydroxylation is 1. The molecule has 2 aliphatic rings. The Labute approximate surface area is 200 Å². The molecule has 33 heavy (non-hydrogen) atoms. The van der Waals surface area contributed by atoms with Crippen molar-refractivity contribution in [2.45, 2.75) is 45.3 Å². The van der Waals surface area contributed by atoms with Gasteiger partial charge in [0.2, 0.25) is 0 Å². The minimum atomic E-state index is -0.700. The van der Waals surface area contributed by atoms with Gasteiger partial charge in [-0.3, -0.25) is 19.8 Å². The van der Waals surface area contributed by atoms with Crippen LogP contribution in [0.2, 0.25) is 0 Å². The molecule has 1 saturated carbocycles. The van der Waals surface area contributed by atoms with E-state index in [1.165, 1.54) is 23.6 Å². The van der Waals surface area contributed by atoms with Crippen molar-refractivity contribution in [3.05, 3.63) is 63.1 Å². The highest BCUT2D eigenvalue weighted by molar-refractivity contribution is 9.10. The molecule has 1 aliphatic carbocycles. The Morgan fingerprint density at radius 1 is 1.12 bits per heavy atom. The SMILES string of the molecule is COc1cc(/C=C2\C(=O)NC(=O)N(C3CCCC3)C2=O)cc(Br)c1OCc1ccc(C)cc1. The van der Waals surface area contributed by atoms with Gasteiger partial charge in [0.15, 0.2) is 11.5 Å². The third-order valence-corrected chi connectivity index (χ3v) is 6.48. The lowest BCUT2D eigenvalue weighted by Gasteiger charge is -2.31. The van der Waals surface area contributed by atoms with Crippen LogP contribution >= 0.6 is 15.9 Å². The number of carbonyl (C=O) groups excluding carboxylic acids is 3. The summed E-state index contributed by atoms with van der Waals surface area (Å²) in [7, 11) is 1.52. The number of methoxy groups -OCH3 is 1. The molecule has 4 amide bonds. The van der Waals surface area contributed by atoms with Crippen molar-refractivity contribution in [1.82, 2.24) is 10.2 Å². The molecule has 0 radical (unpaired) electrons. The molecule has 1 aliphatic heterocycles. The molecule has 0 unspecified atom stereocenters. The van der Waals surface area contributed by atoms with E-state index < -0.39 is 17.8 Å². The number of hydrogen-bond donors (Lipinski definition) is 1. The second-order valence-electron chi connectivity index (χ2n) is 8.24. The standard InChI is InChI=1S/C25H25BrN2O5/c1-15-7-9-16(10-8-15)14-33-22-20(26)12-17(13-21(22)32-2)11-19-23(29)27-25(31)28(24(19)30)18-5-3-4-6-18/h7-13,18H,3-6,14H2,1-2H3,(H,27,29,31)/b19-11+. The molecule has 1 N–H and O–H groups in total. The van der Waals surface area contributed by atoms with E-state index in [4.69, 9.17) is 9.47 Å². The van der Waals surface area contributed by atoms with Gasteiger partial charge in [-0.25, -0.2) is 4.79 Å². The third kappa shape index (κ3) is 4.95. The smallest absolute Gasteiger partial charge is 0.331 e. The van der Waals surface area contributed by atoms with Crippen LogP contribution in [0.15, 0.2) is 46.4 Å². The first-order valence-electron chi connectivity index (χ1n) is 10.8. The molecule has 8 heteroatoms. The zero-order valence-corrected chi connectivity index (χ0v) is 20.1. The number of nitrogens with zero attached hydrogens (tertiary/aromatic N) is 1. The summed E-state index contributed by atoms with van der Waals surface area (Å²) in [6, 6.07) is 10.7. The van der Waals surface area contributed by atoms with Gasteiger partial charge in [-0.05, 0) is 65.0 Å². The summed E-state index contributed by atoms with van der Waals surface area (Å²) >= 11 is 3.51. The lowest BCUT2D eigenvalue weighted by atomic mass is 10.0. The Morgan fingerprint density at radius 2 is 1.82 bits per heavy atom. The molecule has 2 aromatic carbocycles. The van der Waals surface area contributed by atoms with Crippen LogP contribution in [0.25, 0.3) is 6.08 Å². The highest BCUT2D eigenvalue weighted by atomic mass is 79.9. The molecule has 2 aromatic rings. The Morgan fingerprint density at radius 3 is 2.48 bits per heavy atom. The summed E-state index contributed by atoms with van der Waals surface area (Å²) in [5, 5.41) is 2.30. The second-order valence-corrected chi connectivity index (χ2v) is 9.09. The van der Waals surface area contributed by atoms with Crippen molar-refractivity contribution < 1.29 is 23.9 Å². The predicted octanol–water partition coefficient (Wildman–Crippen LogP) is 4.75. The fourth-order valence-electron chi connectivity index (χ4n) is 4.13. The molecular weight excluding hydrogens is 488 g/mol. The van der Waals surface area contributed by atoms with Crippen molar-refractivity contribution >= 4 is 39.9 Å². The first kappa shape index (κ1) is 23.0. The first-order valence-corrected chi connectivity index (χ1v) is 11.6. The Hall–Kier alpha value is -3.13. The van der Waals surface area contributed by atoms with Gasteiger partial charge in [-0.1, -0.05) is 42.7 Å².